The van der Waals surface area contributed by atoms with E-state index in [9.17, 15) is 0 Å². The Labute approximate surface area is 97.4 Å². The summed E-state index contributed by atoms with van der Waals surface area (Å²) in [6, 6.07) is 8.84. The van der Waals surface area contributed by atoms with Gasteiger partial charge in [0.25, 0.3) is 0 Å². The van der Waals surface area contributed by atoms with E-state index >= 15 is 0 Å². The van der Waals surface area contributed by atoms with E-state index in [1.54, 1.807) is 0 Å². The van der Waals surface area contributed by atoms with Crippen LogP contribution >= 0.6 is 11.8 Å². The van der Waals surface area contributed by atoms with Gasteiger partial charge in [-0.15, -0.1) is 11.8 Å². The van der Waals surface area contributed by atoms with E-state index in [1.807, 2.05) is 11.8 Å². The van der Waals surface area contributed by atoms with Crippen molar-refractivity contribution < 1.29 is 0 Å². The number of benzene rings is 1. The van der Waals surface area contributed by atoms with Crippen LogP contribution in [0.2, 0.25) is 0 Å². The number of hydrogen-bond donors (Lipinski definition) is 1. The van der Waals surface area contributed by atoms with Crippen molar-refractivity contribution in [2.75, 3.05) is 6.54 Å². The van der Waals surface area contributed by atoms with E-state index < -0.39 is 0 Å². The molecule has 1 unspecified atom stereocenters. The van der Waals surface area contributed by atoms with Gasteiger partial charge in [-0.3, -0.25) is 0 Å². The average Bonchev–Trinajstić information content (AvgIpc) is 2.21. The van der Waals surface area contributed by atoms with Gasteiger partial charge in [0, 0.05) is 10.1 Å². The molecule has 1 aromatic carbocycles. The SMILES string of the molecule is CCC(CN)c1ccc(SC(C)C)cc1. The molecule has 1 rings (SSSR count). The maximum absolute atomic E-state index is 5.73. The summed E-state index contributed by atoms with van der Waals surface area (Å²) in [6.07, 6.45) is 1.12. The molecule has 84 valence electrons. The molecule has 15 heavy (non-hydrogen) atoms. The molecule has 2 N–H and O–H groups in total. The Kier molecular flexibility index (Phi) is 5.20. The first-order valence-corrected chi connectivity index (χ1v) is 6.52. The first-order chi connectivity index (χ1) is 7.17. The molecule has 0 fully saturated rings. The van der Waals surface area contributed by atoms with Gasteiger partial charge in [-0.25, -0.2) is 0 Å². The van der Waals surface area contributed by atoms with E-state index in [0.29, 0.717) is 11.2 Å². The Morgan fingerprint density at radius 3 is 2.20 bits per heavy atom. The predicted molar refractivity (Wildman–Crippen MR) is 69.5 cm³/mol. The molecule has 0 saturated heterocycles. The molecule has 0 aliphatic heterocycles. The van der Waals surface area contributed by atoms with Gasteiger partial charge in [0.1, 0.15) is 0 Å². The van der Waals surface area contributed by atoms with Crippen LogP contribution in [0.5, 0.6) is 0 Å². The monoisotopic (exact) mass is 223 g/mol. The van der Waals surface area contributed by atoms with E-state index in [2.05, 4.69) is 45.0 Å². The largest absolute Gasteiger partial charge is 0.330 e. The molecular weight excluding hydrogens is 202 g/mol. The smallest absolute Gasteiger partial charge is 0.00747 e. The Hall–Kier alpha value is -0.470. The van der Waals surface area contributed by atoms with Crippen molar-refractivity contribution in [2.24, 2.45) is 5.73 Å². The molecule has 2 heteroatoms. The summed E-state index contributed by atoms with van der Waals surface area (Å²) in [4.78, 5) is 1.35. The van der Waals surface area contributed by atoms with Crippen molar-refractivity contribution in [3.8, 4) is 0 Å². The van der Waals surface area contributed by atoms with Gasteiger partial charge in [0.2, 0.25) is 0 Å². The van der Waals surface area contributed by atoms with Crippen LogP contribution in [0.1, 0.15) is 38.7 Å². The van der Waals surface area contributed by atoms with E-state index in [4.69, 9.17) is 5.73 Å². The number of rotatable bonds is 5. The Bertz CT molecular complexity index is 275. The zero-order valence-corrected chi connectivity index (χ0v) is 10.7. The molecule has 0 aromatic heterocycles. The van der Waals surface area contributed by atoms with E-state index in [1.165, 1.54) is 10.5 Å². The summed E-state index contributed by atoms with van der Waals surface area (Å²) < 4.78 is 0. The summed E-state index contributed by atoms with van der Waals surface area (Å²) in [5, 5.41) is 0.646. The fourth-order valence-electron chi connectivity index (χ4n) is 1.63. The van der Waals surface area contributed by atoms with Gasteiger partial charge in [0.15, 0.2) is 0 Å². The highest BCUT2D eigenvalue weighted by Gasteiger charge is 2.06. The first-order valence-electron chi connectivity index (χ1n) is 5.64. The normalized spacial score (nSPS) is 13.1. The molecule has 0 heterocycles. The average molecular weight is 223 g/mol. The van der Waals surface area contributed by atoms with Gasteiger partial charge in [0.05, 0.1) is 0 Å². The minimum absolute atomic E-state index is 0.517. The van der Waals surface area contributed by atoms with Gasteiger partial charge >= 0.3 is 0 Å². The summed E-state index contributed by atoms with van der Waals surface area (Å²) in [7, 11) is 0. The lowest BCUT2D eigenvalue weighted by Crippen LogP contribution is -2.11. The highest BCUT2D eigenvalue weighted by molar-refractivity contribution is 7.99. The van der Waals surface area contributed by atoms with Gasteiger partial charge in [-0.05, 0) is 36.6 Å². The number of nitrogens with two attached hydrogens (primary N) is 1. The second-order valence-electron chi connectivity index (χ2n) is 4.08. The van der Waals surface area contributed by atoms with Crippen molar-refractivity contribution in [3.05, 3.63) is 29.8 Å². The lowest BCUT2D eigenvalue weighted by molar-refractivity contribution is 0.674. The quantitative estimate of drug-likeness (QED) is 0.771. The van der Waals surface area contributed by atoms with Gasteiger partial charge in [-0.2, -0.15) is 0 Å². The van der Waals surface area contributed by atoms with Gasteiger partial charge < -0.3 is 5.73 Å². The van der Waals surface area contributed by atoms with Crippen molar-refractivity contribution in [3.63, 3.8) is 0 Å². The van der Waals surface area contributed by atoms with Crippen LogP contribution in [-0.2, 0) is 0 Å². The third kappa shape index (κ3) is 3.88. The third-order valence-corrected chi connectivity index (χ3v) is 3.52. The fourth-order valence-corrected chi connectivity index (χ4v) is 2.47. The summed E-state index contributed by atoms with van der Waals surface area (Å²) in [5.41, 5.74) is 7.10. The topological polar surface area (TPSA) is 26.0 Å². The van der Waals surface area contributed by atoms with Crippen LogP contribution in [-0.4, -0.2) is 11.8 Å². The Balaban J connectivity index is 2.71. The van der Waals surface area contributed by atoms with Crippen LogP contribution in [0, 0.1) is 0 Å². The third-order valence-electron chi connectivity index (χ3n) is 2.50. The number of hydrogen-bond acceptors (Lipinski definition) is 2. The zero-order valence-electron chi connectivity index (χ0n) is 9.86. The second kappa shape index (κ2) is 6.19. The minimum atomic E-state index is 0.517. The van der Waals surface area contributed by atoms with E-state index in [0.717, 1.165) is 13.0 Å². The minimum Gasteiger partial charge on any atom is -0.330 e. The molecular formula is C13H21NS. The van der Waals surface area contributed by atoms with Crippen molar-refractivity contribution in [2.45, 2.75) is 43.3 Å². The summed E-state index contributed by atoms with van der Waals surface area (Å²) in [6.45, 7) is 7.36. The summed E-state index contributed by atoms with van der Waals surface area (Å²) in [5.74, 6) is 0.517. The Morgan fingerprint density at radius 1 is 1.20 bits per heavy atom. The standard InChI is InChI=1S/C13H21NS/c1-4-11(9-14)12-5-7-13(8-6-12)15-10(2)3/h5-8,10-11H,4,9,14H2,1-3H3. The van der Waals surface area contributed by atoms with Crippen molar-refractivity contribution in [1.29, 1.82) is 0 Å². The molecule has 1 atom stereocenters. The lowest BCUT2D eigenvalue weighted by Gasteiger charge is -2.13. The highest BCUT2D eigenvalue weighted by Crippen LogP contribution is 2.25. The fraction of sp³-hybridized carbons (Fsp3) is 0.538. The molecule has 1 aromatic rings. The van der Waals surface area contributed by atoms with Crippen LogP contribution in [0.3, 0.4) is 0 Å². The van der Waals surface area contributed by atoms with E-state index in [-0.39, 0.29) is 0 Å². The molecule has 0 spiro atoms. The molecule has 0 radical (unpaired) electrons. The van der Waals surface area contributed by atoms with Crippen LogP contribution in [0.4, 0.5) is 0 Å². The van der Waals surface area contributed by atoms with Crippen LogP contribution in [0.15, 0.2) is 29.2 Å². The maximum Gasteiger partial charge on any atom is 0.00747 e. The molecule has 1 nitrogen and oxygen atoms in total. The zero-order chi connectivity index (χ0) is 11.3. The molecule has 0 aliphatic rings. The van der Waals surface area contributed by atoms with Crippen molar-refractivity contribution in [1.82, 2.24) is 0 Å². The molecule has 0 aliphatic carbocycles. The number of thioether (sulfide) groups is 1. The van der Waals surface area contributed by atoms with Crippen LogP contribution in [0.25, 0.3) is 0 Å². The lowest BCUT2D eigenvalue weighted by atomic mass is 9.97. The predicted octanol–water partition coefficient (Wildman–Crippen LogP) is 3.64. The van der Waals surface area contributed by atoms with Crippen molar-refractivity contribution >= 4 is 11.8 Å². The summed E-state index contributed by atoms with van der Waals surface area (Å²) >= 11 is 1.90. The second-order valence-corrected chi connectivity index (χ2v) is 5.73. The van der Waals surface area contributed by atoms with Gasteiger partial charge in [-0.1, -0.05) is 32.9 Å². The first kappa shape index (κ1) is 12.6. The van der Waals surface area contributed by atoms with Crippen LogP contribution < -0.4 is 5.73 Å². The maximum atomic E-state index is 5.73. The molecule has 0 bridgehead atoms. The molecule has 0 saturated carbocycles. The highest BCUT2D eigenvalue weighted by atomic mass is 32.2. The molecule has 0 amide bonds. The Morgan fingerprint density at radius 2 is 1.80 bits per heavy atom.